The molecule has 0 bridgehead atoms. The van der Waals surface area contributed by atoms with E-state index in [1.54, 1.807) is 18.3 Å². The number of hydrogen-bond acceptors (Lipinski definition) is 2. The summed E-state index contributed by atoms with van der Waals surface area (Å²) in [5, 5.41) is 4.07. The number of aromatic nitrogens is 1. The number of benzene rings is 1. The number of para-hydroxylation sites is 1. The van der Waals surface area contributed by atoms with Crippen molar-refractivity contribution in [3.8, 4) is 0 Å². The van der Waals surface area contributed by atoms with Gasteiger partial charge in [-0.3, -0.25) is 4.79 Å². The van der Waals surface area contributed by atoms with E-state index in [0.29, 0.717) is 5.56 Å². The van der Waals surface area contributed by atoms with Crippen molar-refractivity contribution in [3.63, 3.8) is 0 Å². The number of alkyl halides is 3. The van der Waals surface area contributed by atoms with Crippen LogP contribution in [0.3, 0.4) is 0 Å². The van der Waals surface area contributed by atoms with Crippen LogP contribution < -0.4 is 5.43 Å². The predicted octanol–water partition coefficient (Wildman–Crippen LogP) is 2.18. The molecular formula is C11H8F3N3O. The van der Waals surface area contributed by atoms with Crippen LogP contribution in [0.2, 0.25) is 0 Å². The molecule has 2 N–H and O–H groups in total. The molecule has 1 amide bonds. The van der Waals surface area contributed by atoms with Crippen LogP contribution >= 0.6 is 0 Å². The summed E-state index contributed by atoms with van der Waals surface area (Å²) < 4.78 is 35.6. The smallest absolute Gasteiger partial charge is 0.361 e. The number of aromatic amines is 1. The fourth-order valence-electron chi connectivity index (χ4n) is 1.42. The number of H-pyrrole nitrogens is 1. The molecule has 4 nitrogen and oxygen atoms in total. The Balaban J connectivity index is 2.13. The largest absolute Gasteiger partial charge is 0.473 e. The minimum absolute atomic E-state index is 0.591. The molecule has 0 aliphatic rings. The fraction of sp³-hybridized carbons (Fsp3) is 0.0909. The average molecular weight is 255 g/mol. The lowest BCUT2D eigenvalue weighted by Crippen LogP contribution is -2.33. The molecule has 0 fully saturated rings. The van der Waals surface area contributed by atoms with Gasteiger partial charge >= 0.3 is 12.1 Å². The summed E-state index contributed by atoms with van der Waals surface area (Å²) in [6.45, 7) is 0. The number of carbonyl (C=O) groups is 1. The molecule has 94 valence electrons. The molecule has 0 saturated carbocycles. The summed E-state index contributed by atoms with van der Waals surface area (Å²) in [6.07, 6.45) is -2.19. The molecule has 18 heavy (non-hydrogen) atoms. The van der Waals surface area contributed by atoms with E-state index in [4.69, 9.17) is 0 Å². The third-order valence-corrected chi connectivity index (χ3v) is 2.25. The Labute approximate surface area is 99.5 Å². The molecule has 0 radical (unpaired) electrons. The number of hydrazone groups is 1. The zero-order valence-corrected chi connectivity index (χ0v) is 8.95. The Bertz CT molecular complexity index is 601. The van der Waals surface area contributed by atoms with Crippen molar-refractivity contribution >= 4 is 23.0 Å². The minimum Gasteiger partial charge on any atom is -0.361 e. The Hall–Kier alpha value is -2.31. The monoisotopic (exact) mass is 255 g/mol. The lowest BCUT2D eigenvalue weighted by molar-refractivity contribution is -0.173. The van der Waals surface area contributed by atoms with Gasteiger partial charge in [-0.25, -0.2) is 5.43 Å². The van der Waals surface area contributed by atoms with Gasteiger partial charge in [0, 0.05) is 22.7 Å². The Morgan fingerprint density at radius 1 is 1.33 bits per heavy atom. The van der Waals surface area contributed by atoms with Gasteiger partial charge in [0.05, 0.1) is 6.21 Å². The molecular weight excluding hydrogens is 247 g/mol. The SMILES string of the molecule is O=C(N/N=C\c1c[nH]c2ccccc12)C(F)(F)F. The second kappa shape index (κ2) is 4.52. The maximum Gasteiger partial charge on any atom is 0.473 e. The molecule has 2 aromatic rings. The van der Waals surface area contributed by atoms with Crippen molar-refractivity contribution in [1.29, 1.82) is 0 Å². The first-order valence-electron chi connectivity index (χ1n) is 4.95. The number of rotatable bonds is 2. The maximum atomic E-state index is 11.9. The number of halogens is 3. The molecule has 0 atom stereocenters. The molecule has 1 aromatic carbocycles. The highest BCUT2D eigenvalue weighted by atomic mass is 19.4. The zero-order chi connectivity index (χ0) is 13.2. The highest BCUT2D eigenvalue weighted by Crippen LogP contribution is 2.16. The Morgan fingerprint density at radius 3 is 2.78 bits per heavy atom. The second-order valence-corrected chi connectivity index (χ2v) is 3.49. The number of nitrogens with zero attached hydrogens (tertiary/aromatic N) is 1. The van der Waals surface area contributed by atoms with E-state index in [1.165, 1.54) is 5.43 Å². The van der Waals surface area contributed by atoms with E-state index >= 15 is 0 Å². The number of fused-ring (bicyclic) bond motifs is 1. The first-order valence-corrected chi connectivity index (χ1v) is 4.95. The van der Waals surface area contributed by atoms with E-state index in [1.807, 2.05) is 12.1 Å². The van der Waals surface area contributed by atoms with E-state index < -0.39 is 12.1 Å². The van der Waals surface area contributed by atoms with Gasteiger partial charge < -0.3 is 4.98 Å². The molecule has 0 saturated heterocycles. The van der Waals surface area contributed by atoms with Crippen LogP contribution in [0, 0.1) is 0 Å². The van der Waals surface area contributed by atoms with Crippen LogP contribution in [0.5, 0.6) is 0 Å². The van der Waals surface area contributed by atoms with Gasteiger partial charge in [0.25, 0.3) is 0 Å². The first-order chi connectivity index (χ1) is 8.48. The third-order valence-electron chi connectivity index (χ3n) is 2.25. The maximum absolute atomic E-state index is 11.9. The summed E-state index contributed by atoms with van der Waals surface area (Å²) in [5.41, 5.74) is 2.84. The number of hydrogen-bond donors (Lipinski definition) is 2. The van der Waals surface area contributed by atoms with Gasteiger partial charge in [0.1, 0.15) is 0 Å². The summed E-state index contributed by atoms with van der Waals surface area (Å²) >= 11 is 0. The van der Waals surface area contributed by atoms with Crippen molar-refractivity contribution in [2.24, 2.45) is 5.10 Å². The van der Waals surface area contributed by atoms with Crippen LogP contribution in [0.1, 0.15) is 5.56 Å². The van der Waals surface area contributed by atoms with Crippen molar-refractivity contribution in [2.45, 2.75) is 6.18 Å². The molecule has 1 aromatic heterocycles. The van der Waals surface area contributed by atoms with E-state index in [9.17, 15) is 18.0 Å². The van der Waals surface area contributed by atoms with Gasteiger partial charge in [0.15, 0.2) is 0 Å². The van der Waals surface area contributed by atoms with Crippen LogP contribution in [0.25, 0.3) is 10.9 Å². The molecule has 0 aliphatic heterocycles. The van der Waals surface area contributed by atoms with Crippen LogP contribution in [-0.2, 0) is 4.79 Å². The van der Waals surface area contributed by atoms with Crippen LogP contribution in [0.4, 0.5) is 13.2 Å². The van der Waals surface area contributed by atoms with Crippen molar-refractivity contribution in [3.05, 3.63) is 36.0 Å². The third kappa shape index (κ3) is 2.50. The van der Waals surface area contributed by atoms with Crippen molar-refractivity contribution < 1.29 is 18.0 Å². The molecule has 1 heterocycles. The summed E-state index contributed by atoms with van der Waals surface area (Å²) in [4.78, 5) is 13.4. The standard InChI is InChI=1S/C11H8F3N3O/c12-11(13,14)10(18)17-16-6-7-5-15-9-4-2-1-3-8(7)9/h1-6,15H,(H,17,18)/b16-6-. The second-order valence-electron chi connectivity index (χ2n) is 3.49. The van der Waals surface area contributed by atoms with E-state index in [2.05, 4.69) is 10.1 Å². The first kappa shape index (κ1) is 12.2. The Morgan fingerprint density at radius 2 is 2.06 bits per heavy atom. The van der Waals surface area contributed by atoms with Crippen molar-refractivity contribution in [1.82, 2.24) is 10.4 Å². The van der Waals surface area contributed by atoms with Crippen LogP contribution in [0.15, 0.2) is 35.6 Å². The normalized spacial score (nSPS) is 12.2. The fourth-order valence-corrected chi connectivity index (χ4v) is 1.42. The zero-order valence-electron chi connectivity index (χ0n) is 8.95. The van der Waals surface area contributed by atoms with Gasteiger partial charge in [-0.05, 0) is 6.07 Å². The molecule has 2 rings (SSSR count). The van der Waals surface area contributed by atoms with Crippen molar-refractivity contribution in [2.75, 3.05) is 0 Å². The van der Waals surface area contributed by atoms with Gasteiger partial charge in [-0.15, -0.1) is 0 Å². The minimum atomic E-state index is -4.93. The molecule has 7 heteroatoms. The topological polar surface area (TPSA) is 57.2 Å². The molecule has 0 aliphatic carbocycles. The lowest BCUT2D eigenvalue weighted by Gasteiger charge is -2.02. The quantitative estimate of drug-likeness (QED) is 0.627. The van der Waals surface area contributed by atoms with E-state index in [-0.39, 0.29) is 0 Å². The molecule has 0 spiro atoms. The summed E-state index contributed by atoms with van der Waals surface area (Å²) in [5.74, 6) is -2.10. The van der Waals surface area contributed by atoms with Crippen LogP contribution in [-0.4, -0.2) is 23.3 Å². The highest BCUT2D eigenvalue weighted by Gasteiger charge is 2.38. The number of carbonyl (C=O) groups excluding carboxylic acids is 1. The number of nitrogens with one attached hydrogen (secondary N) is 2. The van der Waals surface area contributed by atoms with Gasteiger partial charge in [-0.1, -0.05) is 18.2 Å². The predicted molar refractivity (Wildman–Crippen MR) is 60.1 cm³/mol. The highest BCUT2D eigenvalue weighted by molar-refractivity contribution is 5.99. The summed E-state index contributed by atoms with van der Waals surface area (Å²) in [6, 6.07) is 7.23. The lowest BCUT2D eigenvalue weighted by atomic mass is 10.2. The number of amides is 1. The van der Waals surface area contributed by atoms with E-state index in [0.717, 1.165) is 17.1 Å². The Kier molecular flexibility index (Phi) is 3.05. The molecule has 0 unspecified atom stereocenters. The summed E-state index contributed by atoms with van der Waals surface area (Å²) in [7, 11) is 0. The van der Waals surface area contributed by atoms with Gasteiger partial charge in [-0.2, -0.15) is 18.3 Å². The van der Waals surface area contributed by atoms with Gasteiger partial charge in [0.2, 0.25) is 0 Å². The average Bonchev–Trinajstić information content (AvgIpc) is 2.71.